The normalized spacial score (nSPS) is 18.6. The van der Waals surface area contributed by atoms with Gasteiger partial charge in [-0.1, -0.05) is 12.8 Å². The van der Waals surface area contributed by atoms with Gasteiger partial charge in [0.05, 0.1) is 11.9 Å². The van der Waals surface area contributed by atoms with Crippen LogP contribution in [0.5, 0.6) is 5.75 Å². The molecule has 2 rings (SSSR count). The summed E-state index contributed by atoms with van der Waals surface area (Å²) in [5.41, 5.74) is 12.1. The maximum absolute atomic E-state index is 5.89. The van der Waals surface area contributed by atoms with Crippen molar-refractivity contribution in [3.63, 3.8) is 0 Å². The first-order valence-electron chi connectivity index (χ1n) is 5.87. The number of aromatic nitrogens is 1. The predicted molar refractivity (Wildman–Crippen MR) is 64.1 cm³/mol. The Kier molecular flexibility index (Phi) is 3.62. The molecule has 1 aromatic heterocycles. The summed E-state index contributed by atoms with van der Waals surface area (Å²) in [6.45, 7) is 0.548. The Hall–Kier alpha value is -1.29. The van der Waals surface area contributed by atoms with Crippen LogP contribution in [-0.2, 0) is 0 Å². The number of ether oxygens (including phenoxy) is 1. The van der Waals surface area contributed by atoms with Gasteiger partial charge in [0, 0.05) is 18.8 Å². The molecule has 1 unspecified atom stereocenters. The molecule has 1 saturated carbocycles. The summed E-state index contributed by atoms with van der Waals surface area (Å²) in [6, 6.07) is 1.80. The molecular weight excluding hydrogens is 202 g/mol. The van der Waals surface area contributed by atoms with E-state index in [1.54, 1.807) is 18.5 Å². The number of nitrogen functional groups attached to an aromatic ring is 1. The van der Waals surface area contributed by atoms with Gasteiger partial charge in [-0.25, -0.2) is 0 Å². The number of hydrogen-bond donors (Lipinski definition) is 2. The van der Waals surface area contributed by atoms with Crippen LogP contribution in [0.4, 0.5) is 5.69 Å². The highest BCUT2D eigenvalue weighted by molar-refractivity contribution is 5.49. The van der Waals surface area contributed by atoms with E-state index < -0.39 is 0 Å². The SMILES string of the molecule is NCC(Oc1ccncc1N)C1CCCC1. The van der Waals surface area contributed by atoms with Crippen LogP contribution in [0.2, 0.25) is 0 Å². The number of anilines is 1. The summed E-state index contributed by atoms with van der Waals surface area (Å²) < 4.78 is 5.89. The lowest BCUT2D eigenvalue weighted by molar-refractivity contribution is 0.144. The molecule has 4 heteroatoms. The maximum Gasteiger partial charge on any atom is 0.145 e. The molecule has 1 heterocycles. The van der Waals surface area contributed by atoms with Gasteiger partial charge in [0.2, 0.25) is 0 Å². The van der Waals surface area contributed by atoms with Gasteiger partial charge in [0.25, 0.3) is 0 Å². The molecule has 0 spiro atoms. The Morgan fingerprint density at radius 3 is 2.81 bits per heavy atom. The van der Waals surface area contributed by atoms with Crippen LogP contribution < -0.4 is 16.2 Å². The molecule has 88 valence electrons. The van der Waals surface area contributed by atoms with Crippen LogP contribution in [-0.4, -0.2) is 17.6 Å². The van der Waals surface area contributed by atoms with E-state index in [-0.39, 0.29) is 6.10 Å². The van der Waals surface area contributed by atoms with E-state index in [4.69, 9.17) is 16.2 Å². The van der Waals surface area contributed by atoms with Crippen LogP contribution in [0.25, 0.3) is 0 Å². The molecule has 1 aliphatic rings. The maximum atomic E-state index is 5.89. The molecule has 16 heavy (non-hydrogen) atoms. The minimum absolute atomic E-state index is 0.0900. The quantitative estimate of drug-likeness (QED) is 0.809. The van der Waals surface area contributed by atoms with Crippen molar-refractivity contribution in [1.29, 1.82) is 0 Å². The van der Waals surface area contributed by atoms with E-state index in [0.717, 1.165) is 0 Å². The molecule has 0 aromatic carbocycles. The Morgan fingerprint density at radius 1 is 1.44 bits per heavy atom. The lowest BCUT2D eigenvalue weighted by Crippen LogP contribution is -2.33. The number of nitrogens with zero attached hydrogens (tertiary/aromatic N) is 1. The number of pyridine rings is 1. The largest absolute Gasteiger partial charge is 0.487 e. The molecule has 0 radical (unpaired) electrons. The monoisotopic (exact) mass is 221 g/mol. The predicted octanol–water partition coefficient (Wildman–Crippen LogP) is 1.56. The highest BCUT2D eigenvalue weighted by Crippen LogP contribution is 2.31. The number of rotatable bonds is 4. The van der Waals surface area contributed by atoms with E-state index in [9.17, 15) is 0 Å². The molecule has 1 fully saturated rings. The molecule has 0 bridgehead atoms. The van der Waals surface area contributed by atoms with Gasteiger partial charge in [-0.3, -0.25) is 4.98 Å². The first-order valence-corrected chi connectivity index (χ1v) is 5.87. The van der Waals surface area contributed by atoms with Crippen molar-refractivity contribution in [1.82, 2.24) is 4.98 Å². The number of nitrogens with two attached hydrogens (primary N) is 2. The fraction of sp³-hybridized carbons (Fsp3) is 0.583. The van der Waals surface area contributed by atoms with Crippen molar-refractivity contribution < 1.29 is 4.74 Å². The first kappa shape index (κ1) is 11.2. The summed E-state index contributed by atoms with van der Waals surface area (Å²) in [7, 11) is 0. The molecule has 1 aliphatic carbocycles. The van der Waals surface area contributed by atoms with Gasteiger partial charge in [-0.2, -0.15) is 0 Å². The van der Waals surface area contributed by atoms with Crippen LogP contribution >= 0.6 is 0 Å². The summed E-state index contributed by atoms with van der Waals surface area (Å²) in [5, 5.41) is 0. The second kappa shape index (κ2) is 5.16. The Balaban J connectivity index is 2.03. The van der Waals surface area contributed by atoms with Crippen molar-refractivity contribution >= 4 is 5.69 Å². The topological polar surface area (TPSA) is 74.2 Å². The third-order valence-corrected chi connectivity index (χ3v) is 3.25. The van der Waals surface area contributed by atoms with Crippen molar-refractivity contribution in [3.05, 3.63) is 18.5 Å². The Bertz CT molecular complexity index is 337. The fourth-order valence-corrected chi connectivity index (χ4v) is 2.33. The Labute approximate surface area is 96.0 Å². The highest BCUT2D eigenvalue weighted by atomic mass is 16.5. The molecule has 1 aromatic rings. The van der Waals surface area contributed by atoms with Gasteiger partial charge in [0.15, 0.2) is 0 Å². The Morgan fingerprint density at radius 2 is 2.19 bits per heavy atom. The molecule has 0 aliphatic heterocycles. The van der Waals surface area contributed by atoms with E-state index in [0.29, 0.717) is 23.9 Å². The fourth-order valence-electron chi connectivity index (χ4n) is 2.33. The van der Waals surface area contributed by atoms with Gasteiger partial charge in [-0.05, 0) is 18.8 Å². The average molecular weight is 221 g/mol. The summed E-state index contributed by atoms with van der Waals surface area (Å²) in [4.78, 5) is 3.94. The standard InChI is InChI=1S/C12H19N3O/c13-7-12(9-3-1-2-4-9)16-11-5-6-15-8-10(11)14/h5-6,8-9,12H,1-4,7,13-14H2. The average Bonchev–Trinajstić information content (AvgIpc) is 2.81. The molecule has 4 nitrogen and oxygen atoms in total. The minimum atomic E-state index is 0.0900. The summed E-state index contributed by atoms with van der Waals surface area (Å²) in [5.74, 6) is 1.29. The zero-order chi connectivity index (χ0) is 11.4. The van der Waals surface area contributed by atoms with Gasteiger partial charge in [-0.15, -0.1) is 0 Å². The van der Waals surface area contributed by atoms with Crippen LogP contribution in [0, 0.1) is 5.92 Å². The van der Waals surface area contributed by atoms with E-state index >= 15 is 0 Å². The summed E-state index contributed by atoms with van der Waals surface area (Å²) in [6.07, 6.45) is 8.39. The van der Waals surface area contributed by atoms with E-state index in [1.807, 2.05) is 0 Å². The van der Waals surface area contributed by atoms with E-state index in [2.05, 4.69) is 4.98 Å². The number of hydrogen-bond acceptors (Lipinski definition) is 4. The molecule has 0 amide bonds. The molecular formula is C12H19N3O. The van der Waals surface area contributed by atoms with Crippen LogP contribution in [0.1, 0.15) is 25.7 Å². The van der Waals surface area contributed by atoms with Crippen molar-refractivity contribution in [2.75, 3.05) is 12.3 Å². The van der Waals surface area contributed by atoms with Crippen molar-refractivity contribution in [2.24, 2.45) is 11.7 Å². The zero-order valence-corrected chi connectivity index (χ0v) is 9.43. The second-order valence-electron chi connectivity index (χ2n) is 4.35. The molecule has 1 atom stereocenters. The highest BCUT2D eigenvalue weighted by Gasteiger charge is 2.25. The first-order chi connectivity index (χ1) is 7.81. The lowest BCUT2D eigenvalue weighted by atomic mass is 10.0. The zero-order valence-electron chi connectivity index (χ0n) is 9.43. The van der Waals surface area contributed by atoms with Gasteiger partial charge >= 0.3 is 0 Å². The minimum Gasteiger partial charge on any atom is -0.487 e. The second-order valence-corrected chi connectivity index (χ2v) is 4.35. The smallest absolute Gasteiger partial charge is 0.145 e. The lowest BCUT2D eigenvalue weighted by Gasteiger charge is -2.23. The van der Waals surface area contributed by atoms with E-state index in [1.165, 1.54) is 25.7 Å². The van der Waals surface area contributed by atoms with Crippen molar-refractivity contribution in [2.45, 2.75) is 31.8 Å². The molecule has 4 N–H and O–H groups in total. The van der Waals surface area contributed by atoms with Gasteiger partial charge in [0.1, 0.15) is 11.9 Å². The third kappa shape index (κ3) is 2.44. The third-order valence-electron chi connectivity index (χ3n) is 3.25. The van der Waals surface area contributed by atoms with Crippen molar-refractivity contribution in [3.8, 4) is 5.75 Å². The summed E-state index contributed by atoms with van der Waals surface area (Å²) >= 11 is 0. The van der Waals surface area contributed by atoms with Crippen LogP contribution in [0.3, 0.4) is 0 Å². The van der Waals surface area contributed by atoms with Crippen LogP contribution in [0.15, 0.2) is 18.5 Å². The molecule has 0 saturated heterocycles. The van der Waals surface area contributed by atoms with Gasteiger partial charge < -0.3 is 16.2 Å².